The van der Waals surface area contributed by atoms with Gasteiger partial charge in [0.05, 0.1) is 0 Å². The molecule has 2 N–H and O–H groups in total. The molecule has 2 aromatic rings. The van der Waals surface area contributed by atoms with Crippen molar-refractivity contribution >= 4 is 10.8 Å². The monoisotopic (exact) mass is 269 g/mol. The Morgan fingerprint density at radius 2 is 1.60 bits per heavy atom. The summed E-state index contributed by atoms with van der Waals surface area (Å²) in [5.41, 5.74) is 9.07. The van der Waals surface area contributed by atoms with E-state index in [0.29, 0.717) is 0 Å². The third kappa shape index (κ3) is 3.61. The van der Waals surface area contributed by atoms with Gasteiger partial charge in [-0.15, -0.1) is 0 Å². The molecular weight excluding hydrogens is 242 g/mol. The SMILES string of the molecule is CCCCCCCC(N)c1ccc(C)c2ccccc12. The zero-order valence-electron chi connectivity index (χ0n) is 12.9. The average molecular weight is 269 g/mol. The number of hydrogen-bond donors (Lipinski definition) is 1. The standard InChI is InChI=1S/C19H27N/c1-3-4-5-6-7-12-19(20)18-14-13-15(2)16-10-8-9-11-17(16)18/h8-11,13-14,19H,3-7,12,20H2,1-2H3. The van der Waals surface area contributed by atoms with Gasteiger partial charge in [-0.2, -0.15) is 0 Å². The van der Waals surface area contributed by atoms with E-state index < -0.39 is 0 Å². The van der Waals surface area contributed by atoms with Crippen LogP contribution in [0.3, 0.4) is 0 Å². The summed E-state index contributed by atoms with van der Waals surface area (Å²) >= 11 is 0. The van der Waals surface area contributed by atoms with Crippen molar-refractivity contribution in [2.24, 2.45) is 5.73 Å². The van der Waals surface area contributed by atoms with Gasteiger partial charge in [-0.25, -0.2) is 0 Å². The highest BCUT2D eigenvalue weighted by molar-refractivity contribution is 5.88. The number of rotatable bonds is 7. The molecule has 0 aromatic heterocycles. The second kappa shape index (κ2) is 7.44. The van der Waals surface area contributed by atoms with Crippen molar-refractivity contribution < 1.29 is 0 Å². The molecule has 1 heteroatoms. The molecule has 2 rings (SSSR count). The van der Waals surface area contributed by atoms with Crippen molar-refractivity contribution in [3.8, 4) is 0 Å². The summed E-state index contributed by atoms with van der Waals surface area (Å²) in [5.74, 6) is 0. The summed E-state index contributed by atoms with van der Waals surface area (Å²) < 4.78 is 0. The Kier molecular flexibility index (Phi) is 5.60. The Hall–Kier alpha value is -1.34. The second-order valence-corrected chi connectivity index (χ2v) is 5.83. The molecule has 1 unspecified atom stereocenters. The van der Waals surface area contributed by atoms with Crippen LogP contribution >= 0.6 is 0 Å². The molecule has 0 heterocycles. The van der Waals surface area contributed by atoms with Crippen LogP contribution in [0.4, 0.5) is 0 Å². The molecule has 0 aliphatic heterocycles. The van der Waals surface area contributed by atoms with Crippen LogP contribution < -0.4 is 5.73 Å². The topological polar surface area (TPSA) is 26.0 Å². The third-order valence-corrected chi connectivity index (χ3v) is 4.19. The largest absolute Gasteiger partial charge is 0.324 e. The van der Waals surface area contributed by atoms with Crippen LogP contribution in [0.5, 0.6) is 0 Å². The summed E-state index contributed by atoms with van der Waals surface area (Å²) in [7, 11) is 0. The predicted molar refractivity (Wildman–Crippen MR) is 89.0 cm³/mol. The Labute approximate surface area is 123 Å². The van der Waals surface area contributed by atoms with E-state index in [9.17, 15) is 0 Å². The summed E-state index contributed by atoms with van der Waals surface area (Å²) in [5, 5.41) is 2.67. The van der Waals surface area contributed by atoms with Gasteiger partial charge in [0.25, 0.3) is 0 Å². The molecular formula is C19H27N. The Morgan fingerprint density at radius 1 is 0.900 bits per heavy atom. The molecule has 0 radical (unpaired) electrons. The highest BCUT2D eigenvalue weighted by Crippen LogP contribution is 2.28. The van der Waals surface area contributed by atoms with Gasteiger partial charge in [0, 0.05) is 6.04 Å². The molecule has 0 saturated heterocycles. The maximum Gasteiger partial charge on any atom is 0.0301 e. The summed E-state index contributed by atoms with van der Waals surface area (Å²) in [6.45, 7) is 4.42. The van der Waals surface area contributed by atoms with Crippen LogP contribution in [-0.4, -0.2) is 0 Å². The number of fused-ring (bicyclic) bond motifs is 1. The smallest absolute Gasteiger partial charge is 0.0301 e. The first-order valence-electron chi connectivity index (χ1n) is 7.98. The van der Waals surface area contributed by atoms with Gasteiger partial charge in [-0.05, 0) is 35.2 Å². The number of aryl methyl sites for hydroxylation is 1. The molecule has 1 atom stereocenters. The van der Waals surface area contributed by atoms with Gasteiger partial charge < -0.3 is 5.73 Å². The molecule has 20 heavy (non-hydrogen) atoms. The fourth-order valence-electron chi connectivity index (χ4n) is 2.92. The van der Waals surface area contributed by atoms with Crippen LogP contribution in [0.2, 0.25) is 0 Å². The summed E-state index contributed by atoms with van der Waals surface area (Å²) in [6.07, 6.45) is 7.64. The van der Waals surface area contributed by atoms with Crippen molar-refractivity contribution in [2.45, 2.75) is 58.4 Å². The third-order valence-electron chi connectivity index (χ3n) is 4.19. The minimum atomic E-state index is 0.169. The first kappa shape index (κ1) is 15.1. The summed E-state index contributed by atoms with van der Waals surface area (Å²) in [4.78, 5) is 0. The Morgan fingerprint density at radius 3 is 2.35 bits per heavy atom. The van der Waals surface area contributed by atoms with E-state index in [1.807, 2.05) is 0 Å². The van der Waals surface area contributed by atoms with Crippen LogP contribution in [0.1, 0.15) is 62.6 Å². The van der Waals surface area contributed by atoms with E-state index in [2.05, 4.69) is 50.2 Å². The van der Waals surface area contributed by atoms with Crippen LogP contribution in [0, 0.1) is 6.92 Å². The van der Waals surface area contributed by atoms with Gasteiger partial charge >= 0.3 is 0 Å². The van der Waals surface area contributed by atoms with Crippen LogP contribution in [-0.2, 0) is 0 Å². The van der Waals surface area contributed by atoms with Crippen molar-refractivity contribution in [3.05, 3.63) is 47.5 Å². The first-order valence-corrected chi connectivity index (χ1v) is 7.98. The van der Waals surface area contributed by atoms with Crippen molar-refractivity contribution in [3.63, 3.8) is 0 Å². The molecule has 0 saturated carbocycles. The molecule has 0 aliphatic rings. The molecule has 1 nitrogen and oxygen atoms in total. The number of nitrogens with two attached hydrogens (primary N) is 1. The maximum absolute atomic E-state index is 6.43. The van der Waals surface area contributed by atoms with E-state index in [-0.39, 0.29) is 6.04 Å². The zero-order valence-corrected chi connectivity index (χ0v) is 12.9. The van der Waals surface area contributed by atoms with E-state index in [1.54, 1.807) is 0 Å². The van der Waals surface area contributed by atoms with Gasteiger partial charge in [-0.3, -0.25) is 0 Å². The fourth-order valence-corrected chi connectivity index (χ4v) is 2.92. The molecule has 0 bridgehead atoms. The van der Waals surface area contributed by atoms with E-state index in [4.69, 9.17) is 5.73 Å². The van der Waals surface area contributed by atoms with Gasteiger partial charge in [-0.1, -0.05) is 75.4 Å². The molecule has 0 fully saturated rings. The van der Waals surface area contributed by atoms with E-state index in [1.165, 1.54) is 54.0 Å². The lowest BCUT2D eigenvalue weighted by atomic mass is 9.93. The highest BCUT2D eigenvalue weighted by atomic mass is 14.6. The molecule has 0 spiro atoms. The van der Waals surface area contributed by atoms with E-state index in [0.717, 1.165) is 6.42 Å². The lowest BCUT2D eigenvalue weighted by molar-refractivity contribution is 0.557. The van der Waals surface area contributed by atoms with E-state index >= 15 is 0 Å². The van der Waals surface area contributed by atoms with Gasteiger partial charge in [0.1, 0.15) is 0 Å². The quantitative estimate of drug-likeness (QED) is 0.659. The van der Waals surface area contributed by atoms with Gasteiger partial charge in [0.2, 0.25) is 0 Å². The fraction of sp³-hybridized carbons (Fsp3) is 0.474. The molecule has 2 aromatic carbocycles. The number of benzene rings is 2. The molecule has 0 amide bonds. The first-order chi connectivity index (χ1) is 9.74. The normalized spacial score (nSPS) is 12.8. The minimum absolute atomic E-state index is 0.169. The molecule has 108 valence electrons. The zero-order chi connectivity index (χ0) is 14.4. The van der Waals surface area contributed by atoms with Crippen molar-refractivity contribution in [1.82, 2.24) is 0 Å². The second-order valence-electron chi connectivity index (χ2n) is 5.83. The van der Waals surface area contributed by atoms with Crippen molar-refractivity contribution in [1.29, 1.82) is 0 Å². The molecule has 0 aliphatic carbocycles. The van der Waals surface area contributed by atoms with Crippen LogP contribution in [0.15, 0.2) is 36.4 Å². The average Bonchev–Trinajstić information content (AvgIpc) is 2.47. The lowest BCUT2D eigenvalue weighted by Gasteiger charge is -2.16. The van der Waals surface area contributed by atoms with Gasteiger partial charge in [0.15, 0.2) is 0 Å². The number of unbranched alkanes of at least 4 members (excludes halogenated alkanes) is 4. The maximum atomic E-state index is 6.43. The van der Waals surface area contributed by atoms with Crippen molar-refractivity contribution in [2.75, 3.05) is 0 Å². The lowest BCUT2D eigenvalue weighted by Crippen LogP contribution is -2.10. The van der Waals surface area contributed by atoms with Crippen LogP contribution in [0.25, 0.3) is 10.8 Å². The Bertz CT molecular complexity index is 544. The predicted octanol–water partition coefficient (Wildman–Crippen LogP) is 5.51. The highest BCUT2D eigenvalue weighted by Gasteiger charge is 2.10. The number of hydrogen-bond acceptors (Lipinski definition) is 1. The minimum Gasteiger partial charge on any atom is -0.324 e. The Balaban J connectivity index is 2.06. The summed E-state index contributed by atoms with van der Waals surface area (Å²) in [6, 6.07) is 13.2.